The second-order valence-electron chi connectivity index (χ2n) is 18.8. The summed E-state index contributed by atoms with van der Waals surface area (Å²) in [7, 11) is 0. The number of hydrogen-bond acceptors (Lipinski definition) is 3. The number of hydrogen-bond donors (Lipinski definition) is 0. The second kappa shape index (κ2) is 14.1. The van der Waals surface area contributed by atoms with E-state index < -0.39 is 0 Å². The average Bonchev–Trinajstić information content (AvgIpc) is 3.65. The van der Waals surface area contributed by atoms with Crippen molar-refractivity contribution in [2.75, 3.05) is 0 Å². The highest BCUT2D eigenvalue weighted by molar-refractivity contribution is 6.10. The molecule has 4 nitrogen and oxygen atoms in total. The number of benzene rings is 9. The fourth-order valence-corrected chi connectivity index (χ4v) is 10.1. The van der Waals surface area contributed by atoms with E-state index in [4.69, 9.17) is 15.0 Å². The summed E-state index contributed by atoms with van der Waals surface area (Å²) in [5, 5.41) is 9.68. The minimum atomic E-state index is 0.104. The number of fused-ring (bicyclic) bond motifs is 7. The van der Waals surface area contributed by atoms with Crippen LogP contribution in [0.1, 0.15) is 51.7 Å². The third-order valence-electron chi connectivity index (χ3n) is 13.9. The van der Waals surface area contributed by atoms with Crippen LogP contribution in [0.2, 0.25) is 0 Å². The molecule has 0 spiro atoms. The van der Waals surface area contributed by atoms with E-state index in [1.54, 1.807) is 0 Å². The number of aromatic nitrogens is 4. The van der Waals surface area contributed by atoms with Crippen LogP contribution in [0.5, 0.6) is 0 Å². The van der Waals surface area contributed by atoms with Crippen molar-refractivity contribution in [2.45, 2.75) is 51.4 Å². The average molecular weight is 811 g/mol. The third kappa shape index (κ3) is 6.31. The molecule has 9 aromatic carbocycles. The maximum atomic E-state index is 5.20. The smallest absolute Gasteiger partial charge is 0.164 e. The van der Waals surface area contributed by atoms with E-state index in [0.717, 1.165) is 44.1 Å². The van der Waals surface area contributed by atoms with E-state index in [9.17, 15) is 0 Å². The van der Waals surface area contributed by atoms with Gasteiger partial charge in [-0.2, -0.15) is 0 Å². The van der Waals surface area contributed by atoms with E-state index in [-0.39, 0.29) is 10.8 Å². The molecule has 0 unspecified atom stereocenters. The lowest BCUT2D eigenvalue weighted by Gasteiger charge is -2.42. The molecule has 0 N–H and O–H groups in total. The first-order chi connectivity index (χ1) is 30.6. The Morgan fingerprint density at radius 3 is 1.46 bits per heavy atom. The zero-order valence-electron chi connectivity index (χ0n) is 36.0. The van der Waals surface area contributed by atoms with Crippen molar-refractivity contribution in [2.24, 2.45) is 0 Å². The standard InChI is InChI=1S/C59H46N4/c1-58(2)29-30-59(3,4)52-36-54-50(35-51(52)58)49-15-9-10-16-53(49)63(54)48-28-27-40-21-26-46(33-47(40)34-48)57-61-55(60-56(62-57)45-25-20-38-12-6-8-14-43(38)32-45)41-22-17-39(18-23-41)44-24-19-37-11-5-7-13-42(37)31-44/h5-28,31-36H,29-30H2,1-4H3. The van der Waals surface area contributed by atoms with Gasteiger partial charge in [0.05, 0.1) is 11.0 Å². The van der Waals surface area contributed by atoms with Crippen LogP contribution in [0.15, 0.2) is 182 Å². The van der Waals surface area contributed by atoms with E-state index in [2.05, 4.69) is 214 Å². The largest absolute Gasteiger partial charge is 0.309 e. The fourth-order valence-electron chi connectivity index (χ4n) is 10.1. The van der Waals surface area contributed by atoms with Crippen LogP contribution in [0.25, 0.3) is 105 Å². The van der Waals surface area contributed by atoms with Crippen molar-refractivity contribution < 1.29 is 0 Å². The van der Waals surface area contributed by atoms with Crippen molar-refractivity contribution in [3.63, 3.8) is 0 Å². The molecule has 302 valence electrons. The van der Waals surface area contributed by atoms with Gasteiger partial charge in [-0.1, -0.05) is 161 Å². The lowest BCUT2D eigenvalue weighted by Crippen LogP contribution is -2.33. The van der Waals surface area contributed by atoms with Gasteiger partial charge in [0.15, 0.2) is 17.5 Å². The summed E-state index contributed by atoms with van der Waals surface area (Å²) in [5.41, 5.74) is 12.0. The van der Waals surface area contributed by atoms with Gasteiger partial charge in [0.1, 0.15) is 0 Å². The Hall–Kier alpha value is -7.43. The second-order valence-corrected chi connectivity index (χ2v) is 18.8. The summed E-state index contributed by atoms with van der Waals surface area (Å²) < 4.78 is 2.47. The summed E-state index contributed by atoms with van der Waals surface area (Å²) in [6.07, 6.45) is 2.37. The molecular weight excluding hydrogens is 765 g/mol. The van der Waals surface area contributed by atoms with Crippen LogP contribution < -0.4 is 0 Å². The van der Waals surface area contributed by atoms with Gasteiger partial charge in [-0.15, -0.1) is 0 Å². The van der Waals surface area contributed by atoms with Gasteiger partial charge in [0, 0.05) is 33.2 Å². The Bertz CT molecular complexity index is 3630. The fraction of sp³-hybridized carbons (Fsp3) is 0.136. The van der Waals surface area contributed by atoms with Crippen molar-refractivity contribution in [3.8, 4) is 51.0 Å². The molecule has 4 heteroatoms. The van der Waals surface area contributed by atoms with Gasteiger partial charge in [-0.3, -0.25) is 0 Å². The first-order valence-corrected chi connectivity index (χ1v) is 22.1. The molecule has 0 amide bonds. The van der Waals surface area contributed by atoms with Crippen LogP contribution in [-0.4, -0.2) is 19.5 Å². The predicted molar refractivity (Wildman–Crippen MR) is 264 cm³/mol. The van der Waals surface area contributed by atoms with Gasteiger partial charge in [0.25, 0.3) is 0 Å². The lowest BCUT2D eigenvalue weighted by molar-refractivity contribution is 0.332. The highest BCUT2D eigenvalue weighted by atomic mass is 15.0. The maximum Gasteiger partial charge on any atom is 0.164 e. The van der Waals surface area contributed by atoms with Crippen molar-refractivity contribution in [1.82, 2.24) is 19.5 Å². The zero-order chi connectivity index (χ0) is 42.5. The Labute approximate surface area is 367 Å². The molecule has 0 aliphatic heterocycles. The van der Waals surface area contributed by atoms with Crippen LogP contribution in [-0.2, 0) is 10.8 Å². The van der Waals surface area contributed by atoms with E-state index in [1.807, 2.05) is 0 Å². The summed E-state index contributed by atoms with van der Waals surface area (Å²) in [5.74, 6) is 1.93. The molecule has 0 atom stereocenters. The molecule has 63 heavy (non-hydrogen) atoms. The molecule has 1 aliphatic rings. The Kier molecular flexibility index (Phi) is 8.33. The first kappa shape index (κ1) is 37.3. The molecule has 0 fully saturated rings. The molecule has 11 aromatic rings. The monoisotopic (exact) mass is 810 g/mol. The first-order valence-electron chi connectivity index (χ1n) is 22.1. The Balaban J connectivity index is 0.993. The van der Waals surface area contributed by atoms with Crippen LogP contribution >= 0.6 is 0 Å². The molecule has 0 radical (unpaired) electrons. The van der Waals surface area contributed by atoms with Gasteiger partial charge in [-0.05, 0) is 127 Å². The molecule has 0 bridgehead atoms. The van der Waals surface area contributed by atoms with E-state index in [0.29, 0.717) is 17.5 Å². The Morgan fingerprint density at radius 1 is 0.349 bits per heavy atom. The topological polar surface area (TPSA) is 43.6 Å². The minimum Gasteiger partial charge on any atom is -0.309 e. The molecule has 12 rings (SSSR count). The van der Waals surface area contributed by atoms with Crippen molar-refractivity contribution >= 4 is 54.1 Å². The molecule has 0 saturated heterocycles. The summed E-state index contributed by atoms with van der Waals surface area (Å²) >= 11 is 0. The van der Waals surface area contributed by atoms with Crippen LogP contribution in [0.4, 0.5) is 0 Å². The van der Waals surface area contributed by atoms with Crippen molar-refractivity contribution in [3.05, 3.63) is 193 Å². The van der Waals surface area contributed by atoms with E-state index >= 15 is 0 Å². The van der Waals surface area contributed by atoms with E-state index in [1.165, 1.54) is 67.5 Å². The minimum absolute atomic E-state index is 0.104. The molecular formula is C59H46N4. The highest BCUT2D eigenvalue weighted by Gasteiger charge is 2.38. The summed E-state index contributed by atoms with van der Waals surface area (Å²) in [6.45, 7) is 9.65. The number of rotatable bonds is 5. The lowest BCUT2D eigenvalue weighted by atomic mass is 9.63. The molecule has 1 aliphatic carbocycles. The third-order valence-corrected chi connectivity index (χ3v) is 13.9. The summed E-state index contributed by atoms with van der Waals surface area (Å²) in [4.78, 5) is 15.5. The van der Waals surface area contributed by atoms with Gasteiger partial charge in [-0.25, -0.2) is 15.0 Å². The van der Waals surface area contributed by atoms with Gasteiger partial charge in [0.2, 0.25) is 0 Å². The maximum absolute atomic E-state index is 5.20. The van der Waals surface area contributed by atoms with Crippen LogP contribution in [0, 0.1) is 0 Å². The quantitative estimate of drug-likeness (QED) is 0.174. The SMILES string of the molecule is CC1(C)CCC(C)(C)c2cc3c(cc21)c1ccccc1n3-c1ccc2ccc(-c3nc(-c4ccc(-c5ccc6ccccc6c5)cc4)nc(-c4ccc5ccccc5c4)n3)cc2c1. The zero-order valence-corrected chi connectivity index (χ0v) is 36.0. The van der Waals surface area contributed by atoms with Crippen molar-refractivity contribution in [1.29, 1.82) is 0 Å². The van der Waals surface area contributed by atoms with Gasteiger partial charge < -0.3 is 4.57 Å². The normalized spacial score (nSPS) is 14.5. The molecule has 2 aromatic heterocycles. The highest BCUT2D eigenvalue weighted by Crippen LogP contribution is 2.48. The number of para-hydroxylation sites is 1. The number of nitrogens with zero attached hydrogens (tertiary/aromatic N) is 4. The molecule has 2 heterocycles. The van der Waals surface area contributed by atoms with Crippen LogP contribution in [0.3, 0.4) is 0 Å². The summed E-state index contributed by atoms with van der Waals surface area (Å²) in [6, 6.07) is 65.9. The van der Waals surface area contributed by atoms with Gasteiger partial charge >= 0.3 is 0 Å². The molecule has 0 saturated carbocycles. The predicted octanol–water partition coefficient (Wildman–Crippen LogP) is 15.4. The Morgan fingerprint density at radius 2 is 0.810 bits per heavy atom.